The molecule has 3 rings (SSSR count). The third kappa shape index (κ3) is 3.87. The Hall–Kier alpha value is -2.40. The van der Waals surface area contributed by atoms with Gasteiger partial charge in [0.2, 0.25) is 0 Å². The molecule has 0 spiro atoms. The maximum absolute atomic E-state index is 12.4. The van der Waals surface area contributed by atoms with E-state index in [1.165, 1.54) is 11.1 Å². The molecule has 1 amide bonds. The number of anilines is 1. The molecule has 0 aliphatic heterocycles. The number of fused-ring (bicyclic) bond motifs is 1. The highest BCUT2D eigenvalue weighted by atomic mass is 16.2. The van der Waals surface area contributed by atoms with E-state index in [9.17, 15) is 4.79 Å². The molecule has 5 heteroatoms. The zero-order valence-electron chi connectivity index (χ0n) is 13.8. The highest BCUT2D eigenvalue weighted by molar-refractivity contribution is 5.93. The number of benzene rings is 1. The summed E-state index contributed by atoms with van der Waals surface area (Å²) < 4.78 is 0. The Morgan fingerprint density at radius 3 is 2.74 bits per heavy atom. The molecule has 1 heterocycles. The van der Waals surface area contributed by atoms with Gasteiger partial charge in [0.25, 0.3) is 5.91 Å². The Morgan fingerprint density at radius 2 is 2.00 bits per heavy atom. The van der Waals surface area contributed by atoms with E-state index >= 15 is 0 Å². The van der Waals surface area contributed by atoms with Crippen molar-refractivity contribution < 1.29 is 9.90 Å². The van der Waals surface area contributed by atoms with E-state index in [1.807, 2.05) is 43.3 Å². The number of amides is 1. The number of aliphatic hydroxyl groups excluding tert-OH is 1. The minimum atomic E-state index is -0.111. The Morgan fingerprint density at radius 1 is 1.26 bits per heavy atom. The summed E-state index contributed by atoms with van der Waals surface area (Å²) >= 11 is 0. The topological polar surface area (TPSA) is 65.5 Å². The lowest BCUT2D eigenvalue weighted by molar-refractivity contribution is 0.0931. The van der Waals surface area contributed by atoms with Gasteiger partial charge in [-0.15, -0.1) is 0 Å². The number of nitrogens with zero attached hydrogens (tertiary/aromatic N) is 2. The van der Waals surface area contributed by atoms with Crippen LogP contribution in [0.4, 0.5) is 5.69 Å². The summed E-state index contributed by atoms with van der Waals surface area (Å²) in [6.45, 7) is 0. The third-order valence-corrected chi connectivity index (χ3v) is 3.93. The van der Waals surface area contributed by atoms with E-state index in [2.05, 4.69) is 22.4 Å². The average molecular weight is 313 g/mol. The normalized spacial score (nSPS) is 15.2. The number of carbonyl (C=O) groups excluding carboxylic acids is 1. The summed E-state index contributed by atoms with van der Waals surface area (Å²) in [7, 11) is 4.90. The summed E-state index contributed by atoms with van der Waals surface area (Å²) in [6, 6.07) is 12.1. The van der Waals surface area contributed by atoms with Crippen molar-refractivity contribution in [3.63, 3.8) is 0 Å². The van der Waals surface area contributed by atoms with Crippen molar-refractivity contribution in [3.8, 4) is 0 Å². The number of aromatic nitrogens is 1. The van der Waals surface area contributed by atoms with Gasteiger partial charge in [-0.25, -0.2) is 0 Å². The lowest BCUT2D eigenvalue weighted by Gasteiger charge is -2.16. The van der Waals surface area contributed by atoms with Crippen LogP contribution in [0.2, 0.25) is 0 Å². The van der Waals surface area contributed by atoms with Gasteiger partial charge < -0.3 is 15.3 Å². The summed E-state index contributed by atoms with van der Waals surface area (Å²) in [5, 5.41) is 10.1. The Balaban J connectivity index is 0.000000924. The zero-order valence-corrected chi connectivity index (χ0v) is 13.8. The van der Waals surface area contributed by atoms with Gasteiger partial charge in [0.05, 0.1) is 6.04 Å². The van der Waals surface area contributed by atoms with Crippen molar-refractivity contribution in [1.29, 1.82) is 0 Å². The van der Waals surface area contributed by atoms with Gasteiger partial charge in [-0.1, -0.05) is 24.3 Å². The number of carbonyl (C=O) groups is 1. The Labute approximate surface area is 137 Å². The molecule has 2 aromatic rings. The molecular weight excluding hydrogens is 290 g/mol. The number of hydrogen-bond acceptors (Lipinski definition) is 4. The molecule has 5 nitrogen and oxygen atoms in total. The summed E-state index contributed by atoms with van der Waals surface area (Å²) in [6.07, 6.45) is 3.65. The molecule has 2 N–H and O–H groups in total. The van der Waals surface area contributed by atoms with Crippen molar-refractivity contribution in [3.05, 3.63) is 59.4 Å². The summed E-state index contributed by atoms with van der Waals surface area (Å²) in [4.78, 5) is 18.5. The molecule has 23 heavy (non-hydrogen) atoms. The van der Waals surface area contributed by atoms with Gasteiger partial charge in [-0.05, 0) is 36.1 Å². The lowest BCUT2D eigenvalue weighted by Crippen LogP contribution is -2.28. The number of pyridine rings is 1. The first kappa shape index (κ1) is 17.0. The van der Waals surface area contributed by atoms with Crippen LogP contribution in [0.3, 0.4) is 0 Å². The van der Waals surface area contributed by atoms with Crippen LogP contribution < -0.4 is 10.2 Å². The molecule has 1 aromatic heterocycles. The largest absolute Gasteiger partial charge is 0.400 e. The highest BCUT2D eigenvalue weighted by Crippen LogP contribution is 2.30. The van der Waals surface area contributed by atoms with E-state index < -0.39 is 0 Å². The van der Waals surface area contributed by atoms with Gasteiger partial charge in [0, 0.05) is 33.1 Å². The molecular formula is C18H23N3O2. The molecule has 122 valence electrons. The van der Waals surface area contributed by atoms with E-state index in [0.29, 0.717) is 5.69 Å². The van der Waals surface area contributed by atoms with Crippen LogP contribution >= 0.6 is 0 Å². The smallest absolute Gasteiger partial charge is 0.270 e. The maximum atomic E-state index is 12.4. The minimum absolute atomic E-state index is 0.0958. The fourth-order valence-corrected chi connectivity index (χ4v) is 2.76. The van der Waals surface area contributed by atoms with Crippen LogP contribution in [-0.4, -0.2) is 37.2 Å². The fourth-order valence-electron chi connectivity index (χ4n) is 2.76. The van der Waals surface area contributed by atoms with Crippen LogP contribution in [0.1, 0.15) is 34.1 Å². The summed E-state index contributed by atoms with van der Waals surface area (Å²) in [5.74, 6) is -0.111. The fraction of sp³-hybridized carbons (Fsp3) is 0.333. The Kier molecular flexibility index (Phi) is 5.71. The van der Waals surface area contributed by atoms with Crippen molar-refractivity contribution >= 4 is 11.6 Å². The average Bonchev–Trinajstić information content (AvgIpc) is 3.00. The van der Waals surface area contributed by atoms with Crippen LogP contribution in [0.15, 0.2) is 42.6 Å². The summed E-state index contributed by atoms with van der Waals surface area (Å²) in [5.41, 5.74) is 4.00. The molecule has 0 radical (unpaired) electrons. The van der Waals surface area contributed by atoms with Crippen LogP contribution in [-0.2, 0) is 6.42 Å². The zero-order chi connectivity index (χ0) is 16.8. The maximum Gasteiger partial charge on any atom is 0.270 e. The van der Waals surface area contributed by atoms with Crippen molar-refractivity contribution in [2.45, 2.75) is 18.9 Å². The first-order valence-electron chi connectivity index (χ1n) is 7.62. The van der Waals surface area contributed by atoms with Gasteiger partial charge in [0.15, 0.2) is 0 Å². The van der Waals surface area contributed by atoms with Crippen molar-refractivity contribution in [1.82, 2.24) is 10.3 Å². The molecule has 0 fully saturated rings. The van der Waals surface area contributed by atoms with E-state index in [4.69, 9.17) is 5.11 Å². The minimum Gasteiger partial charge on any atom is -0.400 e. The second kappa shape index (κ2) is 7.74. The molecule has 0 saturated carbocycles. The third-order valence-electron chi connectivity index (χ3n) is 3.93. The Bertz CT molecular complexity index is 671. The second-order valence-electron chi connectivity index (χ2n) is 5.56. The van der Waals surface area contributed by atoms with E-state index in [1.54, 1.807) is 6.20 Å². The molecule has 1 aromatic carbocycles. The lowest BCUT2D eigenvalue weighted by atomic mass is 10.1. The monoisotopic (exact) mass is 313 g/mol. The molecule has 1 unspecified atom stereocenters. The van der Waals surface area contributed by atoms with Gasteiger partial charge in [-0.2, -0.15) is 0 Å². The van der Waals surface area contributed by atoms with Crippen LogP contribution in [0.25, 0.3) is 0 Å². The SMILES string of the molecule is CN(C)c1ccnc(C(=O)NC2CCc3ccccc32)c1.CO. The first-order chi connectivity index (χ1) is 11.1. The van der Waals surface area contributed by atoms with E-state index in [0.717, 1.165) is 25.6 Å². The molecule has 1 aliphatic rings. The second-order valence-corrected chi connectivity index (χ2v) is 5.56. The van der Waals surface area contributed by atoms with Gasteiger partial charge in [-0.3, -0.25) is 9.78 Å². The number of nitrogens with one attached hydrogen (secondary N) is 1. The van der Waals surface area contributed by atoms with Crippen molar-refractivity contribution in [2.75, 3.05) is 26.1 Å². The van der Waals surface area contributed by atoms with Crippen molar-refractivity contribution in [2.24, 2.45) is 0 Å². The molecule has 1 aliphatic carbocycles. The van der Waals surface area contributed by atoms with Gasteiger partial charge in [0.1, 0.15) is 5.69 Å². The van der Waals surface area contributed by atoms with Crippen LogP contribution in [0.5, 0.6) is 0 Å². The number of aliphatic hydroxyl groups is 1. The van der Waals surface area contributed by atoms with E-state index in [-0.39, 0.29) is 11.9 Å². The standard InChI is InChI=1S/C17H19N3O.CH4O/c1-20(2)13-9-10-18-16(11-13)17(21)19-15-8-7-12-5-3-4-6-14(12)15;1-2/h3-6,9-11,15H,7-8H2,1-2H3,(H,19,21);2H,1H3. The highest BCUT2D eigenvalue weighted by Gasteiger charge is 2.24. The molecule has 0 saturated heterocycles. The molecule has 1 atom stereocenters. The van der Waals surface area contributed by atoms with Gasteiger partial charge >= 0.3 is 0 Å². The number of aryl methyl sites for hydroxylation is 1. The quantitative estimate of drug-likeness (QED) is 0.911. The number of hydrogen-bond donors (Lipinski definition) is 2. The van der Waals surface area contributed by atoms with Crippen LogP contribution in [0, 0.1) is 0 Å². The first-order valence-corrected chi connectivity index (χ1v) is 7.62. The predicted molar refractivity (Wildman–Crippen MR) is 91.7 cm³/mol. The number of rotatable bonds is 3. The predicted octanol–water partition coefficient (Wildman–Crippen LogP) is 2.17. The molecule has 0 bridgehead atoms.